The lowest BCUT2D eigenvalue weighted by Gasteiger charge is -2.26. The highest BCUT2D eigenvalue weighted by Crippen LogP contribution is 2.29. The summed E-state index contributed by atoms with van der Waals surface area (Å²) < 4.78 is 2.38. The first kappa shape index (κ1) is 10.7. The molecule has 0 bridgehead atoms. The third kappa shape index (κ3) is 2.05. The largest absolute Gasteiger partial charge is 0.310 e. The standard InChI is InChI=1S/C11H13Br2N/c1-2-9-4-7-3-8(12)5-11(13)10(7)6-14-9/h3,5,9,14H,2,4,6H2,1H3. The van der Waals surface area contributed by atoms with E-state index >= 15 is 0 Å². The van der Waals surface area contributed by atoms with E-state index in [0.29, 0.717) is 6.04 Å². The first-order valence-corrected chi connectivity index (χ1v) is 6.49. The van der Waals surface area contributed by atoms with Crippen LogP contribution in [0.3, 0.4) is 0 Å². The fraction of sp³-hybridized carbons (Fsp3) is 0.455. The van der Waals surface area contributed by atoms with E-state index in [-0.39, 0.29) is 0 Å². The van der Waals surface area contributed by atoms with Crippen molar-refractivity contribution in [1.29, 1.82) is 0 Å². The molecule has 1 aromatic carbocycles. The second-order valence-electron chi connectivity index (χ2n) is 3.72. The summed E-state index contributed by atoms with van der Waals surface area (Å²) in [6, 6.07) is 5.00. The summed E-state index contributed by atoms with van der Waals surface area (Å²) in [5, 5.41) is 3.54. The first-order chi connectivity index (χ1) is 6.70. The maximum absolute atomic E-state index is 3.60. The SMILES string of the molecule is CCC1Cc2cc(Br)cc(Br)c2CN1. The van der Waals surface area contributed by atoms with E-state index in [1.165, 1.54) is 26.5 Å². The molecule has 0 saturated heterocycles. The van der Waals surface area contributed by atoms with Gasteiger partial charge in [-0.05, 0) is 36.1 Å². The zero-order valence-electron chi connectivity index (χ0n) is 8.11. The van der Waals surface area contributed by atoms with Crippen LogP contribution in [-0.4, -0.2) is 6.04 Å². The fourth-order valence-electron chi connectivity index (χ4n) is 1.91. The van der Waals surface area contributed by atoms with Gasteiger partial charge in [0.2, 0.25) is 0 Å². The van der Waals surface area contributed by atoms with E-state index in [2.05, 4.69) is 56.2 Å². The molecule has 1 heterocycles. The lowest BCUT2D eigenvalue weighted by molar-refractivity contribution is 0.466. The Hall–Kier alpha value is 0.140. The number of hydrogen-bond donors (Lipinski definition) is 1. The smallest absolute Gasteiger partial charge is 0.0234 e. The predicted molar refractivity (Wildman–Crippen MR) is 66.5 cm³/mol. The van der Waals surface area contributed by atoms with Crippen molar-refractivity contribution in [3.8, 4) is 0 Å². The van der Waals surface area contributed by atoms with Gasteiger partial charge in [-0.1, -0.05) is 38.8 Å². The first-order valence-electron chi connectivity index (χ1n) is 4.91. The van der Waals surface area contributed by atoms with Crippen LogP contribution in [0, 0.1) is 0 Å². The Labute approximate surface area is 102 Å². The highest BCUT2D eigenvalue weighted by Gasteiger charge is 2.18. The average molecular weight is 319 g/mol. The molecule has 0 aliphatic carbocycles. The van der Waals surface area contributed by atoms with Gasteiger partial charge in [0.15, 0.2) is 0 Å². The van der Waals surface area contributed by atoms with Crippen LogP contribution in [0.2, 0.25) is 0 Å². The quantitative estimate of drug-likeness (QED) is 0.833. The topological polar surface area (TPSA) is 12.0 Å². The Morgan fingerprint density at radius 1 is 1.43 bits per heavy atom. The normalized spacial score (nSPS) is 20.6. The van der Waals surface area contributed by atoms with Crippen molar-refractivity contribution in [3.05, 3.63) is 32.2 Å². The summed E-state index contributed by atoms with van der Waals surface area (Å²) in [4.78, 5) is 0. The third-order valence-electron chi connectivity index (χ3n) is 2.78. The molecule has 0 aromatic heterocycles. The minimum Gasteiger partial charge on any atom is -0.310 e. The van der Waals surface area contributed by atoms with Gasteiger partial charge in [-0.15, -0.1) is 0 Å². The molecule has 1 atom stereocenters. The maximum atomic E-state index is 3.60. The van der Waals surface area contributed by atoms with Gasteiger partial charge in [0.05, 0.1) is 0 Å². The maximum Gasteiger partial charge on any atom is 0.0234 e. The Morgan fingerprint density at radius 3 is 2.93 bits per heavy atom. The monoisotopic (exact) mass is 317 g/mol. The second-order valence-corrected chi connectivity index (χ2v) is 5.49. The molecule has 0 radical (unpaired) electrons. The zero-order chi connectivity index (χ0) is 10.1. The van der Waals surface area contributed by atoms with Crippen molar-refractivity contribution in [2.75, 3.05) is 0 Å². The minimum absolute atomic E-state index is 0.642. The summed E-state index contributed by atoms with van der Waals surface area (Å²) in [6.07, 6.45) is 2.34. The van der Waals surface area contributed by atoms with Gasteiger partial charge in [-0.2, -0.15) is 0 Å². The van der Waals surface area contributed by atoms with Crippen molar-refractivity contribution < 1.29 is 0 Å². The van der Waals surface area contributed by atoms with Crippen molar-refractivity contribution >= 4 is 31.9 Å². The molecule has 1 unspecified atom stereocenters. The molecule has 3 heteroatoms. The van der Waals surface area contributed by atoms with Crippen LogP contribution in [0.1, 0.15) is 24.5 Å². The summed E-state index contributed by atoms with van der Waals surface area (Å²) in [5.74, 6) is 0. The molecule has 1 nitrogen and oxygen atoms in total. The summed E-state index contributed by atoms with van der Waals surface area (Å²) in [5.41, 5.74) is 2.88. The highest BCUT2D eigenvalue weighted by atomic mass is 79.9. The van der Waals surface area contributed by atoms with Gasteiger partial charge in [0.1, 0.15) is 0 Å². The number of hydrogen-bond acceptors (Lipinski definition) is 1. The lowest BCUT2D eigenvalue weighted by Crippen LogP contribution is -2.35. The third-order valence-corrected chi connectivity index (χ3v) is 3.94. The van der Waals surface area contributed by atoms with Crippen molar-refractivity contribution in [3.63, 3.8) is 0 Å². The lowest BCUT2D eigenvalue weighted by atomic mass is 9.95. The fourth-order valence-corrected chi connectivity index (χ4v) is 3.36. The van der Waals surface area contributed by atoms with Gasteiger partial charge in [-0.3, -0.25) is 0 Å². The predicted octanol–water partition coefficient (Wildman–Crippen LogP) is 3.64. The van der Waals surface area contributed by atoms with Crippen molar-refractivity contribution in [1.82, 2.24) is 5.32 Å². The van der Waals surface area contributed by atoms with Crippen molar-refractivity contribution in [2.24, 2.45) is 0 Å². The van der Waals surface area contributed by atoms with Gasteiger partial charge in [0.25, 0.3) is 0 Å². The molecule has 0 amide bonds. The van der Waals surface area contributed by atoms with Crippen LogP contribution in [0.15, 0.2) is 21.1 Å². The van der Waals surface area contributed by atoms with Crippen LogP contribution >= 0.6 is 31.9 Å². The molecule has 1 aliphatic rings. The Balaban J connectivity index is 2.37. The van der Waals surface area contributed by atoms with Crippen LogP contribution in [0.5, 0.6) is 0 Å². The van der Waals surface area contributed by atoms with E-state index in [9.17, 15) is 0 Å². The molecule has 76 valence electrons. The Bertz CT molecular complexity index is 349. The van der Waals surface area contributed by atoms with Crippen LogP contribution in [0.25, 0.3) is 0 Å². The molecule has 1 aliphatic heterocycles. The van der Waals surface area contributed by atoms with Crippen molar-refractivity contribution in [2.45, 2.75) is 32.4 Å². The van der Waals surface area contributed by atoms with Gasteiger partial charge in [0, 0.05) is 21.5 Å². The molecular formula is C11H13Br2N. The van der Waals surface area contributed by atoms with E-state index in [1.54, 1.807) is 0 Å². The molecular weight excluding hydrogens is 306 g/mol. The van der Waals surface area contributed by atoms with E-state index in [4.69, 9.17) is 0 Å². The summed E-state index contributed by atoms with van der Waals surface area (Å²) in [7, 11) is 0. The zero-order valence-corrected chi connectivity index (χ0v) is 11.3. The molecule has 0 fully saturated rings. The molecule has 2 rings (SSSR count). The van der Waals surface area contributed by atoms with E-state index < -0.39 is 0 Å². The number of benzene rings is 1. The Kier molecular flexibility index (Phi) is 3.30. The molecule has 1 N–H and O–H groups in total. The number of fused-ring (bicyclic) bond motifs is 1. The highest BCUT2D eigenvalue weighted by molar-refractivity contribution is 9.11. The van der Waals surface area contributed by atoms with Gasteiger partial charge >= 0.3 is 0 Å². The average Bonchev–Trinajstić information content (AvgIpc) is 2.16. The molecule has 14 heavy (non-hydrogen) atoms. The molecule has 0 spiro atoms. The second kappa shape index (κ2) is 4.33. The number of halogens is 2. The van der Waals surface area contributed by atoms with E-state index in [1.807, 2.05) is 0 Å². The van der Waals surface area contributed by atoms with Crippen LogP contribution < -0.4 is 5.32 Å². The number of rotatable bonds is 1. The van der Waals surface area contributed by atoms with Gasteiger partial charge < -0.3 is 5.32 Å². The summed E-state index contributed by atoms with van der Waals surface area (Å²) in [6.45, 7) is 3.22. The minimum atomic E-state index is 0.642. The Morgan fingerprint density at radius 2 is 2.21 bits per heavy atom. The van der Waals surface area contributed by atoms with Crippen LogP contribution in [0.4, 0.5) is 0 Å². The number of nitrogens with one attached hydrogen (secondary N) is 1. The van der Waals surface area contributed by atoms with E-state index in [0.717, 1.165) is 13.0 Å². The molecule has 1 aromatic rings. The molecule has 0 saturated carbocycles. The van der Waals surface area contributed by atoms with Crippen LogP contribution in [-0.2, 0) is 13.0 Å². The summed E-state index contributed by atoms with van der Waals surface area (Å²) >= 11 is 7.14. The van der Waals surface area contributed by atoms with Gasteiger partial charge in [-0.25, -0.2) is 0 Å².